The lowest BCUT2D eigenvalue weighted by Gasteiger charge is -2.37. The molecule has 30 heavy (non-hydrogen) atoms. The lowest BCUT2D eigenvalue weighted by atomic mass is 9.88. The van der Waals surface area contributed by atoms with Crippen LogP contribution in [0.25, 0.3) is 6.08 Å². The number of ether oxygens (including phenoxy) is 1. The number of para-hydroxylation sites is 1. The van der Waals surface area contributed by atoms with Crippen LogP contribution in [0.5, 0.6) is 0 Å². The summed E-state index contributed by atoms with van der Waals surface area (Å²) in [5, 5.41) is 10.2. The van der Waals surface area contributed by atoms with Gasteiger partial charge in [0.2, 0.25) is 0 Å². The molecule has 3 aromatic rings. The van der Waals surface area contributed by atoms with Gasteiger partial charge in [0.1, 0.15) is 6.61 Å². The maximum absolute atomic E-state index is 13.2. The van der Waals surface area contributed by atoms with Gasteiger partial charge in [-0.15, -0.1) is 0 Å². The highest BCUT2D eigenvalue weighted by molar-refractivity contribution is 5.93. The molecule has 1 N–H and O–H groups in total. The SMILES string of the molecule is O=C(OCc1ccccc1)N1c2ccccc2C=C[C@H]1[C@@H](CO)Cc1ccccc1. The zero-order valence-electron chi connectivity index (χ0n) is 16.7. The fraction of sp³-hybridized carbons (Fsp3) is 0.192. The monoisotopic (exact) mass is 399 g/mol. The second-order valence-corrected chi connectivity index (χ2v) is 7.45. The van der Waals surface area contributed by atoms with Crippen LogP contribution in [0.3, 0.4) is 0 Å². The van der Waals surface area contributed by atoms with Gasteiger partial charge >= 0.3 is 6.09 Å². The molecule has 0 unspecified atom stereocenters. The summed E-state index contributed by atoms with van der Waals surface area (Å²) in [6, 6.07) is 27.1. The van der Waals surface area contributed by atoms with E-state index in [9.17, 15) is 9.90 Å². The topological polar surface area (TPSA) is 49.8 Å². The summed E-state index contributed by atoms with van der Waals surface area (Å²) in [5.74, 6) is -0.152. The first kappa shape index (κ1) is 19.9. The number of fused-ring (bicyclic) bond motifs is 1. The molecule has 4 heteroatoms. The number of nitrogens with zero attached hydrogens (tertiary/aromatic N) is 1. The summed E-state index contributed by atoms with van der Waals surface area (Å²) in [5.41, 5.74) is 3.82. The van der Waals surface area contributed by atoms with Gasteiger partial charge in [0.15, 0.2) is 0 Å². The molecule has 3 aromatic carbocycles. The van der Waals surface area contributed by atoms with Crippen molar-refractivity contribution >= 4 is 17.9 Å². The third-order valence-electron chi connectivity index (χ3n) is 5.43. The van der Waals surface area contributed by atoms with Crippen molar-refractivity contribution in [2.24, 2.45) is 5.92 Å². The Bertz CT molecular complexity index is 1000. The fourth-order valence-electron chi connectivity index (χ4n) is 3.88. The molecule has 0 saturated heterocycles. The molecule has 0 radical (unpaired) electrons. The van der Waals surface area contributed by atoms with Gasteiger partial charge in [0.25, 0.3) is 0 Å². The van der Waals surface area contributed by atoms with Crippen LogP contribution in [0, 0.1) is 5.92 Å². The first-order chi connectivity index (χ1) is 14.8. The lowest BCUT2D eigenvalue weighted by Crippen LogP contribution is -2.47. The zero-order valence-corrected chi connectivity index (χ0v) is 16.7. The third-order valence-corrected chi connectivity index (χ3v) is 5.43. The molecule has 0 aliphatic carbocycles. The summed E-state index contributed by atoms with van der Waals surface area (Å²) in [6.07, 6.45) is 4.27. The van der Waals surface area contributed by atoms with Crippen LogP contribution in [0.1, 0.15) is 16.7 Å². The van der Waals surface area contributed by atoms with Crippen LogP contribution in [-0.4, -0.2) is 23.8 Å². The molecule has 1 heterocycles. The summed E-state index contributed by atoms with van der Waals surface area (Å²) in [6.45, 7) is 0.172. The predicted octanol–water partition coefficient (Wildman–Crippen LogP) is 5.08. The second-order valence-electron chi connectivity index (χ2n) is 7.45. The van der Waals surface area contributed by atoms with Crippen LogP contribution >= 0.6 is 0 Å². The van der Waals surface area contributed by atoms with Crippen molar-refractivity contribution in [1.82, 2.24) is 0 Å². The lowest BCUT2D eigenvalue weighted by molar-refractivity contribution is 0.140. The number of aliphatic hydroxyl groups excluding tert-OH is 1. The molecule has 0 saturated carbocycles. The molecule has 0 fully saturated rings. The Morgan fingerprint density at radius 3 is 2.23 bits per heavy atom. The van der Waals surface area contributed by atoms with Crippen LogP contribution in [-0.2, 0) is 17.8 Å². The standard InChI is InChI=1S/C26H25NO3/c28-18-23(17-20-9-3-1-4-10-20)25-16-15-22-13-7-8-14-24(22)27(25)26(29)30-19-21-11-5-2-6-12-21/h1-16,23,25,28H,17-19H2/t23-,25+/m1/s1. The molecule has 2 atom stereocenters. The Morgan fingerprint density at radius 1 is 0.900 bits per heavy atom. The quantitative estimate of drug-likeness (QED) is 0.629. The summed E-state index contributed by atoms with van der Waals surface area (Å²) >= 11 is 0. The number of aliphatic hydroxyl groups is 1. The van der Waals surface area contributed by atoms with Crippen molar-refractivity contribution in [1.29, 1.82) is 0 Å². The minimum Gasteiger partial charge on any atom is -0.444 e. The number of carbonyl (C=O) groups excluding carboxylic acids is 1. The molecule has 1 amide bonds. The fourth-order valence-corrected chi connectivity index (χ4v) is 3.88. The van der Waals surface area contributed by atoms with Crippen LogP contribution in [0.15, 0.2) is 91.0 Å². The molecule has 4 rings (SSSR count). The van der Waals surface area contributed by atoms with Crippen LogP contribution < -0.4 is 4.90 Å². The Balaban J connectivity index is 1.60. The van der Waals surface area contributed by atoms with Gasteiger partial charge in [-0.05, 0) is 29.2 Å². The Morgan fingerprint density at radius 2 is 1.53 bits per heavy atom. The molecule has 0 spiro atoms. The maximum Gasteiger partial charge on any atom is 0.415 e. The van der Waals surface area contributed by atoms with Crippen molar-refractivity contribution < 1.29 is 14.6 Å². The molecule has 1 aliphatic rings. The van der Waals surface area contributed by atoms with E-state index < -0.39 is 6.09 Å². The highest BCUT2D eigenvalue weighted by Gasteiger charge is 2.34. The van der Waals surface area contributed by atoms with Crippen molar-refractivity contribution in [3.63, 3.8) is 0 Å². The minimum absolute atomic E-state index is 0.0332. The molecular formula is C26H25NO3. The predicted molar refractivity (Wildman–Crippen MR) is 119 cm³/mol. The first-order valence-corrected chi connectivity index (χ1v) is 10.2. The summed E-state index contributed by atoms with van der Waals surface area (Å²) in [7, 11) is 0. The summed E-state index contributed by atoms with van der Waals surface area (Å²) < 4.78 is 5.67. The number of amides is 1. The number of hydrogen-bond acceptors (Lipinski definition) is 3. The largest absolute Gasteiger partial charge is 0.444 e. The van der Waals surface area contributed by atoms with E-state index in [2.05, 4.69) is 0 Å². The molecule has 152 valence electrons. The van der Waals surface area contributed by atoms with Gasteiger partial charge in [0.05, 0.1) is 11.7 Å². The van der Waals surface area contributed by atoms with Crippen molar-refractivity contribution in [3.05, 3.63) is 108 Å². The van der Waals surface area contributed by atoms with E-state index in [-0.39, 0.29) is 25.2 Å². The van der Waals surface area contributed by atoms with Gasteiger partial charge in [-0.1, -0.05) is 91.0 Å². The van der Waals surface area contributed by atoms with E-state index in [1.807, 2.05) is 97.1 Å². The van der Waals surface area contributed by atoms with Gasteiger partial charge in [0, 0.05) is 12.5 Å². The minimum atomic E-state index is -0.410. The average Bonchev–Trinajstić information content (AvgIpc) is 2.81. The normalized spacial score (nSPS) is 16.0. The highest BCUT2D eigenvalue weighted by Crippen LogP contribution is 2.33. The molecule has 0 bridgehead atoms. The van der Waals surface area contributed by atoms with E-state index in [1.165, 1.54) is 0 Å². The van der Waals surface area contributed by atoms with E-state index in [0.29, 0.717) is 6.42 Å². The van der Waals surface area contributed by atoms with E-state index in [0.717, 1.165) is 22.4 Å². The third kappa shape index (κ3) is 4.44. The summed E-state index contributed by atoms with van der Waals surface area (Å²) in [4.78, 5) is 14.9. The van der Waals surface area contributed by atoms with Gasteiger partial charge < -0.3 is 9.84 Å². The number of rotatable bonds is 6. The van der Waals surface area contributed by atoms with E-state index >= 15 is 0 Å². The van der Waals surface area contributed by atoms with Crippen molar-refractivity contribution in [3.8, 4) is 0 Å². The average molecular weight is 399 g/mol. The Labute approximate surface area is 177 Å². The Hall–Kier alpha value is -3.37. The first-order valence-electron chi connectivity index (χ1n) is 10.2. The van der Waals surface area contributed by atoms with Gasteiger partial charge in [-0.3, -0.25) is 4.90 Å². The van der Waals surface area contributed by atoms with E-state index in [4.69, 9.17) is 4.74 Å². The van der Waals surface area contributed by atoms with E-state index in [1.54, 1.807) is 4.90 Å². The number of anilines is 1. The zero-order chi connectivity index (χ0) is 20.8. The highest BCUT2D eigenvalue weighted by atomic mass is 16.6. The smallest absolute Gasteiger partial charge is 0.415 e. The van der Waals surface area contributed by atoms with Gasteiger partial charge in [-0.25, -0.2) is 4.79 Å². The molecule has 1 aliphatic heterocycles. The van der Waals surface area contributed by atoms with Crippen LogP contribution in [0.2, 0.25) is 0 Å². The molecular weight excluding hydrogens is 374 g/mol. The number of carbonyl (C=O) groups is 1. The number of benzene rings is 3. The van der Waals surface area contributed by atoms with Crippen molar-refractivity contribution in [2.75, 3.05) is 11.5 Å². The van der Waals surface area contributed by atoms with Crippen LogP contribution in [0.4, 0.5) is 10.5 Å². The molecule has 4 nitrogen and oxygen atoms in total. The van der Waals surface area contributed by atoms with Gasteiger partial charge in [-0.2, -0.15) is 0 Å². The second kappa shape index (κ2) is 9.42. The maximum atomic E-state index is 13.2. The Kier molecular flexibility index (Phi) is 6.26. The van der Waals surface area contributed by atoms with Crippen molar-refractivity contribution in [2.45, 2.75) is 19.1 Å². The number of hydrogen-bond donors (Lipinski definition) is 1. The molecule has 0 aromatic heterocycles.